The van der Waals surface area contributed by atoms with Crippen molar-refractivity contribution in [3.05, 3.63) is 46.2 Å². The summed E-state index contributed by atoms with van der Waals surface area (Å²) in [4.78, 5) is 25.1. The number of carbonyl (C=O) groups excluding carboxylic acids is 2. The molecule has 2 aromatic rings. The number of rotatable bonds is 8. The Hall–Kier alpha value is -2.54. The summed E-state index contributed by atoms with van der Waals surface area (Å²) >= 11 is 1.56. The number of amides is 1. The van der Waals surface area contributed by atoms with Crippen LogP contribution in [0.15, 0.2) is 35.7 Å². The fraction of sp³-hybridized carbons (Fsp3) is 0.333. The van der Waals surface area contributed by atoms with Crippen LogP contribution < -0.4 is 14.8 Å². The van der Waals surface area contributed by atoms with Gasteiger partial charge in [0, 0.05) is 4.88 Å². The molecule has 1 aromatic carbocycles. The van der Waals surface area contributed by atoms with Crippen molar-refractivity contribution in [3.8, 4) is 11.5 Å². The van der Waals surface area contributed by atoms with E-state index in [0.717, 1.165) is 4.88 Å². The van der Waals surface area contributed by atoms with Gasteiger partial charge in [-0.25, -0.2) is 4.79 Å². The Kier molecular flexibility index (Phi) is 6.82. The highest BCUT2D eigenvalue weighted by atomic mass is 32.1. The SMILES string of the molecule is CCOc1ccc(C(=O)OCC(=O)N[C@@H](C)c2cccs2)cc1OC. The van der Waals surface area contributed by atoms with E-state index in [1.54, 1.807) is 23.5 Å². The Labute approximate surface area is 150 Å². The van der Waals surface area contributed by atoms with Crippen LogP contribution in [0.25, 0.3) is 0 Å². The van der Waals surface area contributed by atoms with E-state index in [1.807, 2.05) is 31.4 Å². The van der Waals surface area contributed by atoms with E-state index >= 15 is 0 Å². The normalized spacial score (nSPS) is 11.5. The molecule has 6 nitrogen and oxygen atoms in total. The number of hydrogen-bond donors (Lipinski definition) is 1. The van der Waals surface area contributed by atoms with Crippen LogP contribution in [0, 0.1) is 0 Å². The predicted molar refractivity (Wildman–Crippen MR) is 95.3 cm³/mol. The first-order valence-corrected chi connectivity index (χ1v) is 8.73. The third kappa shape index (κ3) is 5.22. The molecule has 1 atom stereocenters. The van der Waals surface area contributed by atoms with Crippen molar-refractivity contribution in [1.82, 2.24) is 5.32 Å². The van der Waals surface area contributed by atoms with Gasteiger partial charge in [-0.2, -0.15) is 0 Å². The van der Waals surface area contributed by atoms with Crippen LogP contribution in [-0.2, 0) is 9.53 Å². The molecule has 1 N–H and O–H groups in total. The Bertz CT molecular complexity index is 714. The van der Waals surface area contributed by atoms with Gasteiger partial charge < -0.3 is 19.5 Å². The first-order valence-electron chi connectivity index (χ1n) is 7.85. The van der Waals surface area contributed by atoms with Gasteiger partial charge in [-0.3, -0.25) is 4.79 Å². The third-order valence-corrected chi connectivity index (χ3v) is 4.44. The van der Waals surface area contributed by atoms with E-state index in [-0.39, 0.29) is 18.6 Å². The highest BCUT2D eigenvalue weighted by Gasteiger charge is 2.15. The Morgan fingerprint density at radius 2 is 2.04 bits per heavy atom. The van der Waals surface area contributed by atoms with Crippen molar-refractivity contribution in [2.75, 3.05) is 20.3 Å². The molecule has 25 heavy (non-hydrogen) atoms. The number of benzene rings is 1. The van der Waals surface area contributed by atoms with Gasteiger partial charge in [-0.1, -0.05) is 6.07 Å². The maximum atomic E-state index is 12.1. The highest BCUT2D eigenvalue weighted by molar-refractivity contribution is 7.10. The minimum absolute atomic E-state index is 0.128. The molecule has 0 aliphatic rings. The van der Waals surface area contributed by atoms with Crippen molar-refractivity contribution in [2.45, 2.75) is 19.9 Å². The second kappa shape index (κ2) is 9.08. The van der Waals surface area contributed by atoms with Crippen molar-refractivity contribution < 1.29 is 23.8 Å². The molecule has 0 unspecified atom stereocenters. The van der Waals surface area contributed by atoms with E-state index in [0.29, 0.717) is 23.7 Å². The van der Waals surface area contributed by atoms with E-state index in [4.69, 9.17) is 14.2 Å². The lowest BCUT2D eigenvalue weighted by molar-refractivity contribution is -0.124. The van der Waals surface area contributed by atoms with Crippen LogP contribution in [-0.4, -0.2) is 32.2 Å². The zero-order valence-electron chi connectivity index (χ0n) is 14.4. The highest BCUT2D eigenvalue weighted by Crippen LogP contribution is 2.28. The van der Waals surface area contributed by atoms with Gasteiger partial charge in [0.25, 0.3) is 5.91 Å². The summed E-state index contributed by atoms with van der Waals surface area (Å²) in [5, 5.41) is 4.73. The molecule has 2 rings (SSSR count). The lowest BCUT2D eigenvalue weighted by Gasteiger charge is -2.13. The minimum atomic E-state index is -0.597. The number of carbonyl (C=O) groups is 2. The second-order valence-corrected chi connectivity index (χ2v) is 6.16. The minimum Gasteiger partial charge on any atom is -0.493 e. The maximum Gasteiger partial charge on any atom is 0.338 e. The van der Waals surface area contributed by atoms with Gasteiger partial charge in [0.2, 0.25) is 0 Å². The number of esters is 1. The molecule has 0 radical (unpaired) electrons. The zero-order valence-corrected chi connectivity index (χ0v) is 15.2. The molecule has 1 heterocycles. The van der Waals surface area contributed by atoms with Gasteiger partial charge in [0.05, 0.1) is 25.3 Å². The molecule has 0 bridgehead atoms. The lowest BCUT2D eigenvalue weighted by atomic mass is 10.2. The van der Waals surface area contributed by atoms with Crippen LogP contribution >= 0.6 is 11.3 Å². The fourth-order valence-corrected chi connectivity index (χ4v) is 2.91. The van der Waals surface area contributed by atoms with Crippen LogP contribution in [0.1, 0.15) is 35.1 Å². The van der Waals surface area contributed by atoms with Gasteiger partial charge >= 0.3 is 5.97 Å². The molecule has 0 aliphatic carbocycles. The number of hydrogen-bond acceptors (Lipinski definition) is 6. The lowest BCUT2D eigenvalue weighted by Crippen LogP contribution is -2.30. The molecule has 0 fully saturated rings. The number of methoxy groups -OCH3 is 1. The average molecular weight is 363 g/mol. The molecule has 0 saturated heterocycles. The molecule has 1 amide bonds. The molecular weight excluding hydrogens is 342 g/mol. The summed E-state index contributed by atoms with van der Waals surface area (Å²) < 4.78 is 15.7. The zero-order chi connectivity index (χ0) is 18.2. The second-order valence-electron chi connectivity index (χ2n) is 5.18. The fourth-order valence-electron chi connectivity index (χ4n) is 2.18. The van der Waals surface area contributed by atoms with Crippen molar-refractivity contribution in [2.24, 2.45) is 0 Å². The van der Waals surface area contributed by atoms with E-state index < -0.39 is 5.97 Å². The number of nitrogens with one attached hydrogen (secondary N) is 1. The number of thiophene rings is 1. The molecule has 0 saturated carbocycles. The standard InChI is InChI=1S/C18H21NO5S/c1-4-23-14-8-7-13(10-15(14)22-3)18(21)24-11-17(20)19-12(2)16-6-5-9-25-16/h5-10,12H,4,11H2,1-3H3,(H,19,20)/t12-/m0/s1. The van der Waals surface area contributed by atoms with Crippen molar-refractivity contribution in [3.63, 3.8) is 0 Å². The summed E-state index contributed by atoms with van der Waals surface area (Å²) in [5.74, 6) is 0.0311. The van der Waals surface area contributed by atoms with Crippen LogP contribution in [0.5, 0.6) is 11.5 Å². The number of ether oxygens (including phenoxy) is 3. The van der Waals surface area contributed by atoms with E-state index in [1.165, 1.54) is 13.2 Å². The summed E-state index contributed by atoms with van der Waals surface area (Å²) in [6, 6.07) is 8.46. The van der Waals surface area contributed by atoms with Gasteiger partial charge in [0.15, 0.2) is 18.1 Å². The molecular formula is C18H21NO5S. The summed E-state index contributed by atoms with van der Waals surface area (Å²) in [7, 11) is 1.49. The Morgan fingerprint density at radius 3 is 2.68 bits per heavy atom. The maximum absolute atomic E-state index is 12.1. The average Bonchev–Trinajstić information content (AvgIpc) is 3.15. The Balaban J connectivity index is 1.90. The first kappa shape index (κ1) is 18.8. The van der Waals surface area contributed by atoms with Gasteiger partial charge in [-0.15, -0.1) is 11.3 Å². The van der Waals surface area contributed by atoms with E-state index in [9.17, 15) is 9.59 Å². The van der Waals surface area contributed by atoms with Crippen molar-refractivity contribution >= 4 is 23.2 Å². The molecule has 0 spiro atoms. The summed E-state index contributed by atoms with van der Waals surface area (Å²) in [6.07, 6.45) is 0. The van der Waals surface area contributed by atoms with E-state index in [2.05, 4.69) is 5.32 Å². The van der Waals surface area contributed by atoms with Crippen LogP contribution in [0.4, 0.5) is 0 Å². The van der Waals surface area contributed by atoms with Gasteiger partial charge in [-0.05, 0) is 43.5 Å². The van der Waals surface area contributed by atoms with Gasteiger partial charge in [0.1, 0.15) is 0 Å². The molecule has 0 aliphatic heterocycles. The largest absolute Gasteiger partial charge is 0.493 e. The topological polar surface area (TPSA) is 73.9 Å². The summed E-state index contributed by atoms with van der Waals surface area (Å²) in [6.45, 7) is 3.88. The summed E-state index contributed by atoms with van der Waals surface area (Å²) in [5.41, 5.74) is 0.291. The smallest absolute Gasteiger partial charge is 0.338 e. The predicted octanol–water partition coefficient (Wildman–Crippen LogP) is 3.19. The third-order valence-electron chi connectivity index (χ3n) is 3.38. The molecule has 134 valence electrons. The van der Waals surface area contributed by atoms with Crippen LogP contribution in [0.2, 0.25) is 0 Å². The monoisotopic (exact) mass is 363 g/mol. The quantitative estimate of drug-likeness (QED) is 0.729. The first-order chi connectivity index (χ1) is 12.0. The molecule has 1 aromatic heterocycles. The molecule has 7 heteroatoms. The Morgan fingerprint density at radius 1 is 1.24 bits per heavy atom. The van der Waals surface area contributed by atoms with Crippen molar-refractivity contribution in [1.29, 1.82) is 0 Å². The van der Waals surface area contributed by atoms with Crippen LogP contribution in [0.3, 0.4) is 0 Å².